The predicted molar refractivity (Wildman–Crippen MR) is 108 cm³/mol. The fraction of sp³-hybridized carbons (Fsp3) is 0.364. The molecule has 1 N–H and O–H groups in total. The minimum absolute atomic E-state index is 0.00235. The molecule has 0 radical (unpaired) electrons. The van der Waals surface area contributed by atoms with Gasteiger partial charge >= 0.3 is 6.09 Å². The van der Waals surface area contributed by atoms with Crippen LogP contribution >= 0.6 is 0 Å². The van der Waals surface area contributed by atoms with Crippen molar-refractivity contribution in [3.63, 3.8) is 0 Å². The molecular weight excluding hydrogens is 372 g/mol. The van der Waals surface area contributed by atoms with E-state index in [2.05, 4.69) is 5.32 Å². The molecule has 1 heterocycles. The van der Waals surface area contributed by atoms with E-state index in [1.54, 1.807) is 24.1 Å². The molecule has 7 heteroatoms. The Hall–Kier alpha value is -3.22. The third-order valence-corrected chi connectivity index (χ3v) is 4.80. The van der Waals surface area contributed by atoms with Crippen LogP contribution in [0.5, 0.6) is 11.5 Å². The summed E-state index contributed by atoms with van der Waals surface area (Å²) in [6, 6.07) is 16.8. The van der Waals surface area contributed by atoms with E-state index in [-0.39, 0.29) is 25.2 Å². The van der Waals surface area contributed by atoms with E-state index >= 15 is 0 Å². The van der Waals surface area contributed by atoms with Crippen LogP contribution in [-0.4, -0.2) is 49.7 Å². The number of piperidine rings is 1. The second-order valence-corrected chi connectivity index (χ2v) is 6.80. The topological polar surface area (TPSA) is 77.1 Å². The zero-order valence-corrected chi connectivity index (χ0v) is 16.5. The number of benzene rings is 2. The molecule has 0 saturated carbocycles. The quantitative estimate of drug-likeness (QED) is 0.776. The van der Waals surface area contributed by atoms with Crippen LogP contribution in [0.4, 0.5) is 4.79 Å². The molecular formula is C22H26N2O5. The third kappa shape index (κ3) is 6.14. The summed E-state index contributed by atoms with van der Waals surface area (Å²) < 4.78 is 16.1. The van der Waals surface area contributed by atoms with E-state index in [0.29, 0.717) is 37.4 Å². The Balaban J connectivity index is 1.37. The summed E-state index contributed by atoms with van der Waals surface area (Å²) in [7, 11) is 1.56. The molecule has 0 aliphatic carbocycles. The molecule has 154 valence electrons. The zero-order valence-electron chi connectivity index (χ0n) is 16.5. The number of carbonyl (C=O) groups excluding carboxylic acids is 2. The number of hydrogen-bond donors (Lipinski definition) is 1. The van der Waals surface area contributed by atoms with Gasteiger partial charge in [0.05, 0.1) is 7.11 Å². The van der Waals surface area contributed by atoms with Crippen molar-refractivity contribution in [2.24, 2.45) is 0 Å². The number of methoxy groups -OCH3 is 1. The molecule has 2 aromatic rings. The predicted octanol–water partition coefficient (Wildman–Crippen LogP) is 2.99. The molecule has 0 atom stereocenters. The first-order chi connectivity index (χ1) is 14.2. The van der Waals surface area contributed by atoms with Crippen molar-refractivity contribution in [1.29, 1.82) is 0 Å². The lowest BCUT2D eigenvalue weighted by atomic mass is 10.1. The molecule has 0 unspecified atom stereocenters. The molecule has 1 aliphatic rings. The first-order valence-corrected chi connectivity index (χ1v) is 9.66. The standard InChI is InChI=1S/C22H26N2O5/c1-27-19-9-5-6-10-20(19)28-16-21(25)24-13-11-18(12-14-24)23-22(26)29-15-17-7-3-2-4-8-17/h2-10,18H,11-16H2,1H3,(H,23,26). The summed E-state index contributed by atoms with van der Waals surface area (Å²) in [5.74, 6) is 1.05. The number of para-hydroxylation sites is 2. The van der Waals surface area contributed by atoms with Crippen molar-refractivity contribution in [3.8, 4) is 11.5 Å². The number of ether oxygens (including phenoxy) is 3. The Bertz CT molecular complexity index is 804. The summed E-state index contributed by atoms with van der Waals surface area (Å²) in [4.78, 5) is 26.1. The number of alkyl carbamates (subject to hydrolysis) is 1. The highest BCUT2D eigenvalue weighted by Crippen LogP contribution is 2.25. The number of carbonyl (C=O) groups is 2. The Morgan fingerprint density at radius 2 is 1.66 bits per heavy atom. The monoisotopic (exact) mass is 398 g/mol. The van der Waals surface area contributed by atoms with E-state index in [0.717, 1.165) is 5.56 Å². The van der Waals surface area contributed by atoms with Gasteiger partial charge in [0.1, 0.15) is 6.61 Å². The highest BCUT2D eigenvalue weighted by molar-refractivity contribution is 5.78. The summed E-state index contributed by atoms with van der Waals surface area (Å²) in [5, 5.41) is 2.87. The molecule has 1 fully saturated rings. The number of rotatable bonds is 7. The van der Waals surface area contributed by atoms with Gasteiger partial charge in [-0.1, -0.05) is 42.5 Å². The van der Waals surface area contributed by atoms with Gasteiger partial charge < -0.3 is 24.4 Å². The average Bonchev–Trinajstić information content (AvgIpc) is 2.77. The molecule has 1 saturated heterocycles. The highest BCUT2D eigenvalue weighted by atomic mass is 16.5. The lowest BCUT2D eigenvalue weighted by Gasteiger charge is -2.32. The van der Waals surface area contributed by atoms with Gasteiger partial charge in [-0.2, -0.15) is 0 Å². The maximum Gasteiger partial charge on any atom is 0.407 e. The second kappa shape index (κ2) is 10.4. The summed E-state index contributed by atoms with van der Waals surface area (Å²) in [6.45, 7) is 1.33. The molecule has 2 aromatic carbocycles. The van der Waals surface area contributed by atoms with Crippen LogP contribution in [0.15, 0.2) is 54.6 Å². The smallest absolute Gasteiger partial charge is 0.407 e. The Labute approximate surface area is 170 Å². The van der Waals surface area contributed by atoms with Crippen LogP contribution in [0.3, 0.4) is 0 Å². The largest absolute Gasteiger partial charge is 0.493 e. The summed E-state index contributed by atoms with van der Waals surface area (Å²) in [5.41, 5.74) is 0.943. The van der Waals surface area contributed by atoms with Gasteiger partial charge in [-0.25, -0.2) is 4.79 Å². The van der Waals surface area contributed by atoms with E-state index in [4.69, 9.17) is 14.2 Å². The Kier molecular flexibility index (Phi) is 7.33. The van der Waals surface area contributed by atoms with E-state index < -0.39 is 6.09 Å². The molecule has 0 bridgehead atoms. The van der Waals surface area contributed by atoms with Crippen molar-refractivity contribution >= 4 is 12.0 Å². The van der Waals surface area contributed by atoms with Crippen molar-refractivity contribution in [3.05, 3.63) is 60.2 Å². The lowest BCUT2D eigenvalue weighted by Crippen LogP contribution is -2.47. The lowest BCUT2D eigenvalue weighted by molar-refractivity contribution is -0.134. The van der Waals surface area contributed by atoms with Gasteiger partial charge in [-0.3, -0.25) is 4.79 Å². The van der Waals surface area contributed by atoms with Gasteiger partial charge in [0, 0.05) is 19.1 Å². The van der Waals surface area contributed by atoms with Gasteiger partial charge in [-0.05, 0) is 30.5 Å². The van der Waals surface area contributed by atoms with E-state index in [9.17, 15) is 9.59 Å². The van der Waals surface area contributed by atoms with E-state index in [1.165, 1.54) is 0 Å². The normalized spacial score (nSPS) is 14.2. The maximum atomic E-state index is 12.4. The second-order valence-electron chi connectivity index (χ2n) is 6.80. The number of amides is 2. The Morgan fingerprint density at radius 1 is 1.00 bits per heavy atom. The molecule has 0 spiro atoms. The van der Waals surface area contributed by atoms with Crippen LogP contribution in [0, 0.1) is 0 Å². The minimum atomic E-state index is -0.432. The van der Waals surface area contributed by atoms with Crippen molar-refractivity contribution in [2.45, 2.75) is 25.5 Å². The SMILES string of the molecule is COc1ccccc1OCC(=O)N1CCC(NC(=O)OCc2ccccc2)CC1. The van der Waals surface area contributed by atoms with Crippen LogP contribution < -0.4 is 14.8 Å². The number of nitrogens with zero attached hydrogens (tertiary/aromatic N) is 1. The molecule has 1 aliphatic heterocycles. The summed E-state index contributed by atoms with van der Waals surface area (Å²) in [6.07, 6.45) is 0.930. The first kappa shape index (κ1) is 20.5. The van der Waals surface area contributed by atoms with Gasteiger partial charge in [0.2, 0.25) is 0 Å². The third-order valence-electron chi connectivity index (χ3n) is 4.80. The first-order valence-electron chi connectivity index (χ1n) is 9.66. The minimum Gasteiger partial charge on any atom is -0.493 e. The fourth-order valence-electron chi connectivity index (χ4n) is 3.17. The average molecular weight is 398 g/mol. The van der Waals surface area contributed by atoms with Crippen molar-refractivity contribution < 1.29 is 23.8 Å². The van der Waals surface area contributed by atoms with Crippen LogP contribution in [-0.2, 0) is 16.1 Å². The molecule has 29 heavy (non-hydrogen) atoms. The molecule has 2 amide bonds. The Morgan fingerprint density at radius 3 is 2.34 bits per heavy atom. The van der Waals surface area contributed by atoms with Crippen molar-refractivity contribution in [2.75, 3.05) is 26.8 Å². The molecule has 7 nitrogen and oxygen atoms in total. The fourth-order valence-corrected chi connectivity index (χ4v) is 3.17. The molecule has 3 rings (SSSR count). The molecule has 0 aromatic heterocycles. The van der Waals surface area contributed by atoms with Gasteiger partial charge in [0.25, 0.3) is 5.91 Å². The van der Waals surface area contributed by atoms with Crippen LogP contribution in [0.2, 0.25) is 0 Å². The summed E-state index contributed by atoms with van der Waals surface area (Å²) >= 11 is 0. The zero-order chi connectivity index (χ0) is 20.5. The van der Waals surface area contributed by atoms with Gasteiger partial charge in [0.15, 0.2) is 18.1 Å². The number of hydrogen-bond acceptors (Lipinski definition) is 5. The number of likely N-dealkylation sites (tertiary alicyclic amines) is 1. The highest BCUT2D eigenvalue weighted by Gasteiger charge is 2.24. The number of nitrogens with one attached hydrogen (secondary N) is 1. The van der Waals surface area contributed by atoms with Crippen molar-refractivity contribution in [1.82, 2.24) is 10.2 Å². The van der Waals surface area contributed by atoms with Gasteiger partial charge in [-0.15, -0.1) is 0 Å². The van der Waals surface area contributed by atoms with Crippen LogP contribution in [0.25, 0.3) is 0 Å². The van der Waals surface area contributed by atoms with E-state index in [1.807, 2.05) is 42.5 Å². The van der Waals surface area contributed by atoms with Crippen LogP contribution in [0.1, 0.15) is 18.4 Å². The maximum absolute atomic E-state index is 12.4.